The second kappa shape index (κ2) is 16.9. The minimum Gasteiger partial charge on any atom is -0.494 e. The summed E-state index contributed by atoms with van der Waals surface area (Å²) >= 11 is 0. The number of piperidine rings is 2. The van der Waals surface area contributed by atoms with E-state index in [4.69, 9.17) is 9.47 Å². The van der Waals surface area contributed by atoms with E-state index in [1.54, 1.807) is 22.3 Å². The highest BCUT2D eigenvalue weighted by Gasteiger charge is 2.55. The molecule has 0 unspecified atom stereocenters. The monoisotopic (exact) mass is 761 g/mol. The van der Waals surface area contributed by atoms with Crippen LogP contribution in [0.5, 0.6) is 11.5 Å². The number of nitrogens with zero attached hydrogens (tertiary/aromatic N) is 2. The van der Waals surface area contributed by atoms with Gasteiger partial charge in [-0.25, -0.2) is 0 Å². The minimum absolute atomic E-state index is 0.425. The summed E-state index contributed by atoms with van der Waals surface area (Å²) in [5.74, 6) is 5.98. The molecule has 0 radical (unpaired) electrons. The minimum atomic E-state index is 0.425. The number of rotatable bonds is 17. The lowest BCUT2D eigenvalue weighted by Crippen LogP contribution is -2.61. The number of likely N-dealkylation sites (tertiary alicyclic amines) is 2. The van der Waals surface area contributed by atoms with Crippen molar-refractivity contribution >= 4 is 0 Å². The normalized spacial score (nSPS) is 32.6. The summed E-state index contributed by atoms with van der Waals surface area (Å²) in [5, 5.41) is 0. The van der Waals surface area contributed by atoms with Gasteiger partial charge in [0.1, 0.15) is 11.5 Å². The third-order valence-corrected chi connectivity index (χ3v) is 17.9. The molecule has 2 saturated heterocycles. The van der Waals surface area contributed by atoms with Gasteiger partial charge in [0.25, 0.3) is 0 Å². The van der Waals surface area contributed by atoms with Crippen LogP contribution >= 0.6 is 0 Å². The lowest BCUT2D eigenvalue weighted by Gasteiger charge is -2.59. The maximum atomic E-state index is 6.46. The van der Waals surface area contributed by atoms with Gasteiger partial charge in [-0.2, -0.15) is 0 Å². The van der Waals surface area contributed by atoms with Gasteiger partial charge >= 0.3 is 0 Å². The van der Waals surface area contributed by atoms with E-state index in [9.17, 15) is 0 Å². The largest absolute Gasteiger partial charge is 0.494 e. The Balaban J connectivity index is 0.626. The van der Waals surface area contributed by atoms with Gasteiger partial charge in [-0.15, -0.1) is 0 Å². The predicted molar refractivity (Wildman–Crippen MR) is 230 cm³/mol. The molecule has 2 aliphatic heterocycles. The number of hydrogen-bond acceptors (Lipinski definition) is 4. The zero-order chi connectivity index (χ0) is 37.4. The van der Waals surface area contributed by atoms with Gasteiger partial charge in [-0.05, 0) is 173 Å². The summed E-state index contributed by atoms with van der Waals surface area (Å²) in [4.78, 5) is 5.90. The summed E-state index contributed by atoms with van der Waals surface area (Å²) in [5.41, 5.74) is 7.53. The van der Waals surface area contributed by atoms with Crippen molar-refractivity contribution in [3.8, 4) is 11.5 Å². The van der Waals surface area contributed by atoms with Crippen LogP contribution < -0.4 is 9.47 Å². The Hall–Kier alpha value is -2.04. The highest BCUT2D eigenvalue weighted by Crippen LogP contribution is 2.58. The van der Waals surface area contributed by atoms with Crippen LogP contribution in [-0.4, -0.2) is 61.3 Å². The Morgan fingerprint density at radius 1 is 0.482 bits per heavy atom. The molecule has 2 heterocycles. The van der Waals surface area contributed by atoms with Crippen LogP contribution in [-0.2, 0) is 23.7 Å². The molecule has 4 heteroatoms. The van der Waals surface area contributed by atoms with E-state index in [0.717, 1.165) is 60.5 Å². The Labute approximate surface area is 341 Å². The summed E-state index contributed by atoms with van der Waals surface area (Å²) < 4.78 is 12.9. The van der Waals surface area contributed by atoms with Gasteiger partial charge in [0.05, 0.1) is 13.2 Å². The fourth-order valence-corrected chi connectivity index (χ4v) is 14.4. The van der Waals surface area contributed by atoms with Gasteiger partial charge in [0, 0.05) is 36.0 Å². The number of hydrogen-bond donors (Lipinski definition) is 0. The highest BCUT2D eigenvalue weighted by molar-refractivity contribution is 5.47. The van der Waals surface area contributed by atoms with Crippen LogP contribution in [0.25, 0.3) is 0 Å². The predicted octanol–water partition coefficient (Wildman–Crippen LogP) is 12.0. The van der Waals surface area contributed by atoms with E-state index >= 15 is 0 Å². The molecule has 0 amide bonds. The second-order valence-electron chi connectivity index (χ2n) is 20.8. The number of fused-ring (bicyclic) bond motifs is 2. The molecular weight excluding hydrogens is 685 g/mol. The van der Waals surface area contributed by atoms with Crippen LogP contribution in [0.1, 0.15) is 176 Å². The van der Waals surface area contributed by atoms with E-state index in [1.807, 2.05) is 0 Å². The van der Waals surface area contributed by atoms with E-state index in [0.29, 0.717) is 10.8 Å². The van der Waals surface area contributed by atoms with Gasteiger partial charge < -0.3 is 9.47 Å². The Bertz CT molecular complexity index is 1510. The maximum absolute atomic E-state index is 6.46. The lowest BCUT2D eigenvalue weighted by molar-refractivity contribution is -0.0241. The molecule has 6 fully saturated rings. The second-order valence-corrected chi connectivity index (χ2v) is 20.8. The first-order valence-electron chi connectivity index (χ1n) is 24.7. The molecule has 8 aliphatic rings. The Morgan fingerprint density at radius 2 is 0.929 bits per heavy atom. The van der Waals surface area contributed by atoms with Crippen LogP contribution in [0.2, 0.25) is 0 Å². The number of benzene rings is 2. The molecule has 2 aromatic rings. The Kier molecular flexibility index (Phi) is 11.5. The molecule has 2 aromatic carbocycles. The third kappa shape index (κ3) is 7.41. The van der Waals surface area contributed by atoms with Crippen molar-refractivity contribution in [1.29, 1.82) is 0 Å². The first kappa shape index (κ1) is 38.2. The highest BCUT2D eigenvalue weighted by atomic mass is 16.5. The quantitative estimate of drug-likeness (QED) is 0.150. The van der Waals surface area contributed by atoms with E-state index in [2.05, 4.69) is 46.2 Å². The molecule has 0 spiro atoms. The van der Waals surface area contributed by atoms with Crippen LogP contribution in [0.4, 0.5) is 0 Å². The van der Waals surface area contributed by atoms with Crippen LogP contribution in [0.3, 0.4) is 0 Å². The van der Waals surface area contributed by atoms with Gasteiger partial charge in [-0.3, -0.25) is 9.80 Å². The number of unbranched alkanes of at least 4 members (excludes halogenated alkanes) is 7. The lowest BCUT2D eigenvalue weighted by atomic mass is 9.52. The van der Waals surface area contributed by atoms with Crippen molar-refractivity contribution in [2.24, 2.45) is 23.7 Å². The number of ether oxygens (including phenoxy) is 2. The van der Waals surface area contributed by atoms with Crippen LogP contribution in [0.15, 0.2) is 36.4 Å². The van der Waals surface area contributed by atoms with Crippen LogP contribution in [0, 0.1) is 23.7 Å². The van der Waals surface area contributed by atoms with Crippen molar-refractivity contribution in [3.05, 3.63) is 58.7 Å². The zero-order valence-electron chi connectivity index (χ0n) is 35.3. The smallest absolute Gasteiger partial charge is 0.119 e. The molecule has 4 nitrogen and oxygen atoms in total. The molecule has 6 atom stereocenters. The summed E-state index contributed by atoms with van der Waals surface area (Å²) in [6.07, 6.45) is 35.9. The fourth-order valence-electron chi connectivity index (χ4n) is 14.4. The molecule has 306 valence electrons. The molecule has 0 aromatic heterocycles. The first-order chi connectivity index (χ1) is 27.7. The summed E-state index contributed by atoms with van der Waals surface area (Å²) in [6, 6.07) is 16.1. The standard InChI is InChI=1S/C52H76N2O2/c1(3-5-11-31-55-43-23-21-41-33-49-45-19-7-9-25-51(45,47(41)35-43)27-29-53(49)37-39-15-13-16-39)2-4-6-12-32-56-44-24-22-42-34-50-46-20-8-10-26-52(46,48(42)36-44)28-30-54(50)38-40-17-14-18-40/h21-24,35-36,39-40,45-46,49-50H,1-20,25-34,37-38H2/t45-,46-,49+,50+,51+,52+/m0/s1. The molecule has 56 heavy (non-hydrogen) atoms. The van der Waals surface area contributed by atoms with Gasteiger partial charge in [0.15, 0.2) is 0 Å². The maximum Gasteiger partial charge on any atom is 0.119 e. The fraction of sp³-hybridized carbons (Fsp3) is 0.769. The van der Waals surface area contributed by atoms with E-state index < -0.39 is 0 Å². The zero-order valence-corrected chi connectivity index (χ0v) is 35.3. The van der Waals surface area contributed by atoms with Gasteiger partial charge in [-0.1, -0.05) is 89.2 Å². The van der Waals surface area contributed by atoms with Crippen molar-refractivity contribution in [3.63, 3.8) is 0 Å². The molecule has 10 rings (SSSR count). The van der Waals surface area contributed by atoms with Crippen molar-refractivity contribution in [1.82, 2.24) is 9.80 Å². The van der Waals surface area contributed by atoms with E-state index in [-0.39, 0.29) is 0 Å². The average molecular weight is 761 g/mol. The van der Waals surface area contributed by atoms with Gasteiger partial charge in [0.2, 0.25) is 0 Å². The molecule has 4 saturated carbocycles. The SMILES string of the molecule is c1cc2c(cc1OCCCCCCCCCCOc1ccc3c(c1)[C@@]14CCCC[C@H]1[C@@H](C3)N(CC1CCC1)CC4)[C@@]13CCCC[C@H]1[C@@H](C2)N(CC1CCC1)CC3. The average Bonchev–Trinajstić information content (AvgIpc) is 3.19. The Morgan fingerprint density at radius 3 is 1.36 bits per heavy atom. The van der Waals surface area contributed by atoms with Crippen molar-refractivity contribution in [2.75, 3.05) is 39.4 Å². The van der Waals surface area contributed by atoms with Crippen molar-refractivity contribution in [2.45, 2.75) is 190 Å². The molecule has 6 aliphatic carbocycles. The summed E-state index contributed by atoms with van der Waals surface area (Å²) in [7, 11) is 0. The van der Waals surface area contributed by atoms with Crippen molar-refractivity contribution < 1.29 is 9.47 Å². The molecule has 4 bridgehead atoms. The summed E-state index contributed by atoms with van der Waals surface area (Å²) in [6.45, 7) is 7.14. The van der Waals surface area contributed by atoms with E-state index in [1.165, 1.54) is 193 Å². The molecular formula is C52H76N2O2. The first-order valence-corrected chi connectivity index (χ1v) is 24.7. The molecule has 0 N–H and O–H groups in total. The topological polar surface area (TPSA) is 24.9 Å². The third-order valence-electron chi connectivity index (χ3n) is 17.9.